The summed E-state index contributed by atoms with van der Waals surface area (Å²) < 4.78 is 7.64. The number of likely N-dealkylation sites (tertiary alicyclic amines) is 1. The molecular weight excluding hydrogens is 458 g/mol. The average molecular weight is 488 g/mol. The van der Waals surface area contributed by atoms with Crippen molar-refractivity contribution in [3.8, 4) is 17.0 Å². The van der Waals surface area contributed by atoms with Crippen LogP contribution in [0.5, 0.6) is 5.75 Å². The Kier molecular flexibility index (Phi) is 6.43. The smallest absolute Gasteiger partial charge is 0.294 e. The van der Waals surface area contributed by atoms with Crippen molar-refractivity contribution >= 4 is 33.9 Å². The zero-order valence-electron chi connectivity index (χ0n) is 20.6. The molecule has 2 aromatic heterocycles. The molecule has 1 aliphatic heterocycles. The van der Waals surface area contributed by atoms with Gasteiger partial charge in [0, 0.05) is 54.1 Å². The summed E-state index contributed by atoms with van der Waals surface area (Å²) in [6.45, 7) is 1.90. The zero-order valence-corrected chi connectivity index (χ0v) is 20.6. The number of ether oxygens (including phenoxy) is 1. The minimum absolute atomic E-state index is 0.0255. The van der Waals surface area contributed by atoms with Crippen molar-refractivity contribution in [2.45, 2.75) is 18.9 Å². The van der Waals surface area contributed by atoms with Crippen LogP contribution in [0.15, 0.2) is 54.9 Å². The predicted molar refractivity (Wildman–Crippen MR) is 141 cm³/mol. The molecule has 0 unspecified atom stereocenters. The molecule has 0 atom stereocenters. The standard InChI is InChI=1S/C26H29N7O3/c1-31-12-9-17(10-13-31)28-21-15-25(36-3)22(14-24(21)33(34)35)30-26-27-11-8-20(29-26)19-16-32(2)23-7-5-4-6-18(19)23/h4-8,11,14-17,28H,9-10,12-13H2,1-3H3,(H,27,29,30). The summed E-state index contributed by atoms with van der Waals surface area (Å²) >= 11 is 0. The summed E-state index contributed by atoms with van der Waals surface area (Å²) in [6, 6.07) is 13.3. The van der Waals surface area contributed by atoms with Gasteiger partial charge in [0.1, 0.15) is 11.4 Å². The van der Waals surface area contributed by atoms with E-state index in [4.69, 9.17) is 9.72 Å². The molecule has 5 rings (SSSR count). The molecule has 4 aromatic rings. The Morgan fingerprint density at radius 2 is 1.89 bits per heavy atom. The number of nitro groups is 1. The number of piperidine rings is 1. The van der Waals surface area contributed by atoms with Crippen LogP contribution >= 0.6 is 0 Å². The summed E-state index contributed by atoms with van der Waals surface area (Å²) in [5.41, 5.74) is 3.68. The maximum atomic E-state index is 11.9. The lowest BCUT2D eigenvalue weighted by Gasteiger charge is -2.30. The molecule has 0 bridgehead atoms. The van der Waals surface area contributed by atoms with Crippen molar-refractivity contribution in [1.29, 1.82) is 0 Å². The van der Waals surface area contributed by atoms with Crippen LogP contribution in [0.2, 0.25) is 0 Å². The number of nitrogens with zero attached hydrogens (tertiary/aromatic N) is 5. The van der Waals surface area contributed by atoms with Crippen LogP contribution in [0.25, 0.3) is 22.2 Å². The highest BCUT2D eigenvalue weighted by Crippen LogP contribution is 2.38. The highest BCUT2D eigenvalue weighted by atomic mass is 16.6. The van der Waals surface area contributed by atoms with Gasteiger partial charge in [-0.25, -0.2) is 9.97 Å². The van der Waals surface area contributed by atoms with Gasteiger partial charge in [-0.2, -0.15) is 0 Å². The van der Waals surface area contributed by atoms with Gasteiger partial charge in [-0.3, -0.25) is 10.1 Å². The highest BCUT2D eigenvalue weighted by Gasteiger charge is 2.24. The number of aromatic nitrogens is 3. The number of fused-ring (bicyclic) bond motifs is 1. The molecule has 0 amide bonds. The fraction of sp³-hybridized carbons (Fsp3) is 0.308. The third-order valence-electron chi connectivity index (χ3n) is 6.67. The van der Waals surface area contributed by atoms with Gasteiger partial charge in [0.2, 0.25) is 5.95 Å². The highest BCUT2D eigenvalue weighted by molar-refractivity contribution is 5.95. The Bertz CT molecular complexity index is 1410. The van der Waals surface area contributed by atoms with Crippen molar-refractivity contribution in [3.63, 3.8) is 0 Å². The fourth-order valence-electron chi connectivity index (χ4n) is 4.71. The number of anilines is 3. The first-order chi connectivity index (χ1) is 17.4. The largest absolute Gasteiger partial charge is 0.494 e. The van der Waals surface area contributed by atoms with Crippen LogP contribution in [-0.4, -0.2) is 57.6 Å². The molecule has 2 aromatic carbocycles. The van der Waals surface area contributed by atoms with Gasteiger partial charge in [-0.15, -0.1) is 0 Å². The van der Waals surface area contributed by atoms with E-state index in [1.165, 1.54) is 6.07 Å². The molecule has 10 nitrogen and oxygen atoms in total. The van der Waals surface area contributed by atoms with Gasteiger partial charge < -0.3 is 24.8 Å². The van der Waals surface area contributed by atoms with E-state index in [2.05, 4.69) is 44.3 Å². The van der Waals surface area contributed by atoms with Crippen LogP contribution in [0.1, 0.15) is 12.8 Å². The van der Waals surface area contributed by atoms with Crippen molar-refractivity contribution in [3.05, 3.63) is 65.0 Å². The van der Waals surface area contributed by atoms with Crippen LogP contribution in [-0.2, 0) is 7.05 Å². The second-order valence-electron chi connectivity index (χ2n) is 9.11. The fourth-order valence-corrected chi connectivity index (χ4v) is 4.71. The van der Waals surface area contributed by atoms with E-state index in [1.807, 2.05) is 31.4 Å². The van der Waals surface area contributed by atoms with E-state index >= 15 is 0 Å². The molecule has 0 aliphatic carbocycles. The van der Waals surface area contributed by atoms with Gasteiger partial charge >= 0.3 is 0 Å². The Morgan fingerprint density at radius 3 is 2.64 bits per heavy atom. The van der Waals surface area contributed by atoms with E-state index in [9.17, 15) is 10.1 Å². The molecule has 0 saturated carbocycles. The van der Waals surface area contributed by atoms with Crippen molar-refractivity contribution < 1.29 is 9.66 Å². The Labute approximate surface area is 209 Å². The van der Waals surface area contributed by atoms with E-state index in [0.29, 0.717) is 23.1 Å². The molecule has 186 valence electrons. The molecule has 0 spiro atoms. The normalized spacial score (nSPS) is 14.6. The third kappa shape index (κ3) is 4.67. The minimum atomic E-state index is -0.380. The summed E-state index contributed by atoms with van der Waals surface area (Å²) in [5, 5.41) is 19.5. The van der Waals surface area contributed by atoms with Gasteiger partial charge in [-0.05, 0) is 45.1 Å². The molecule has 1 saturated heterocycles. The molecule has 1 aliphatic rings. The summed E-state index contributed by atoms with van der Waals surface area (Å²) in [7, 11) is 5.62. The van der Waals surface area contributed by atoms with Crippen molar-refractivity contribution in [2.24, 2.45) is 7.05 Å². The molecule has 10 heteroatoms. The topological polar surface area (TPSA) is 110 Å². The lowest BCUT2D eigenvalue weighted by molar-refractivity contribution is -0.383. The summed E-state index contributed by atoms with van der Waals surface area (Å²) in [4.78, 5) is 22.9. The SMILES string of the molecule is COc1cc(NC2CCN(C)CC2)c([N+](=O)[O-])cc1Nc1nccc(-c2cn(C)c3ccccc23)n1. The lowest BCUT2D eigenvalue weighted by Crippen LogP contribution is -2.36. The first-order valence-electron chi connectivity index (χ1n) is 11.9. The van der Waals surface area contributed by atoms with Gasteiger partial charge in [0.25, 0.3) is 5.69 Å². The number of rotatable bonds is 7. The minimum Gasteiger partial charge on any atom is -0.494 e. The molecular formula is C26H29N7O3. The number of benzene rings is 2. The Morgan fingerprint density at radius 1 is 1.11 bits per heavy atom. The first-order valence-corrected chi connectivity index (χ1v) is 11.9. The Hall–Kier alpha value is -4.18. The molecule has 36 heavy (non-hydrogen) atoms. The number of hydrogen-bond acceptors (Lipinski definition) is 8. The Balaban J connectivity index is 1.46. The average Bonchev–Trinajstić information content (AvgIpc) is 3.22. The number of nitro benzene ring substituents is 1. The quantitative estimate of drug-likeness (QED) is 0.282. The molecule has 1 fully saturated rings. The maximum Gasteiger partial charge on any atom is 0.294 e. The number of methoxy groups -OCH3 is 1. The van der Waals surface area contributed by atoms with Gasteiger partial charge in [-0.1, -0.05) is 18.2 Å². The maximum absolute atomic E-state index is 11.9. The monoisotopic (exact) mass is 487 g/mol. The number of nitrogens with one attached hydrogen (secondary N) is 2. The second kappa shape index (κ2) is 9.82. The molecule has 3 heterocycles. The number of aryl methyl sites for hydroxylation is 1. The molecule has 0 radical (unpaired) electrons. The predicted octanol–water partition coefficient (Wildman–Crippen LogP) is 4.80. The van der Waals surface area contributed by atoms with E-state index in [1.54, 1.807) is 19.4 Å². The van der Waals surface area contributed by atoms with Crippen LogP contribution in [0, 0.1) is 10.1 Å². The molecule has 2 N–H and O–H groups in total. The van der Waals surface area contributed by atoms with Crippen LogP contribution < -0.4 is 15.4 Å². The summed E-state index contributed by atoms with van der Waals surface area (Å²) in [5.74, 6) is 0.791. The van der Waals surface area contributed by atoms with Crippen LogP contribution in [0.4, 0.5) is 23.0 Å². The first kappa shape index (κ1) is 23.6. The second-order valence-corrected chi connectivity index (χ2v) is 9.11. The van der Waals surface area contributed by atoms with Crippen LogP contribution in [0.3, 0.4) is 0 Å². The number of para-hydroxylation sites is 1. The van der Waals surface area contributed by atoms with Gasteiger partial charge in [0.15, 0.2) is 0 Å². The zero-order chi connectivity index (χ0) is 25.2. The lowest BCUT2D eigenvalue weighted by atomic mass is 10.0. The van der Waals surface area contributed by atoms with E-state index in [0.717, 1.165) is 48.1 Å². The van der Waals surface area contributed by atoms with Crippen molar-refractivity contribution in [1.82, 2.24) is 19.4 Å². The summed E-state index contributed by atoms with van der Waals surface area (Å²) in [6.07, 6.45) is 5.55. The number of hydrogen-bond donors (Lipinski definition) is 2. The third-order valence-corrected chi connectivity index (χ3v) is 6.67. The van der Waals surface area contributed by atoms with E-state index in [-0.39, 0.29) is 16.7 Å². The van der Waals surface area contributed by atoms with Gasteiger partial charge in [0.05, 0.1) is 23.4 Å². The van der Waals surface area contributed by atoms with Crippen molar-refractivity contribution in [2.75, 3.05) is 37.9 Å². The van der Waals surface area contributed by atoms with E-state index < -0.39 is 0 Å².